The van der Waals surface area contributed by atoms with Crippen molar-refractivity contribution in [2.45, 2.75) is 70.3 Å². The number of nitrogens with one attached hydrogen (secondary N) is 2. The second kappa shape index (κ2) is 12.5. The van der Waals surface area contributed by atoms with Crippen molar-refractivity contribution in [2.24, 2.45) is 11.8 Å². The number of alkyl halides is 3. The van der Waals surface area contributed by atoms with E-state index in [1.54, 1.807) is 24.0 Å². The van der Waals surface area contributed by atoms with Gasteiger partial charge in [-0.3, -0.25) is 9.59 Å². The molecule has 0 spiro atoms. The number of halogens is 4. The fourth-order valence-corrected chi connectivity index (χ4v) is 7.25. The van der Waals surface area contributed by atoms with Crippen LogP contribution in [0.5, 0.6) is 0 Å². The van der Waals surface area contributed by atoms with E-state index in [2.05, 4.69) is 10.6 Å². The van der Waals surface area contributed by atoms with E-state index in [1.807, 2.05) is 24.3 Å². The van der Waals surface area contributed by atoms with E-state index in [4.69, 9.17) is 4.74 Å². The van der Waals surface area contributed by atoms with Crippen molar-refractivity contribution in [3.63, 3.8) is 0 Å². The van der Waals surface area contributed by atoms with E-state index in [0.717, 1.165) is 24.6 Å². The quantitative estimate of drug-likeness (QED) is 0.277. The second-order valence-electron chi connectivity index (χ2n) is 12.6. The highest BCUT2D eigenvalue weighted by Gasteiger charge is 2.51. The maximum absolute atomic E-state index is 15.2. The normalized spacial score (nSPS) is 23.6. The van der Waals surface area contributed by atoms with E-state index in [0.29, 0.717) is 30.2 Å². The number of nitrogens with zero attached hydrogens (tertiary/aromatic N) is 1. The van der Waals surface area contributed by atoms with E-state index in [1.165, 1.54) is 38.0 Å². The van der Waals surface area contributed by atoms with Gasteiger partial charge in [0.1, 0.15) is 5.82 Å². The standard InChI is InChI=1S/C35H37F4N3O3/c1-20-10-13-26(17-28(20)35(37,38)39)41-33(43)27-16-23-18-45-19-30(23)42(34(44)31-21(2)6-5-9-29(31)36)32(27)22-11-14-25(15-12-22)40-24-7-3-4-8-24/h5-6,9-15,17,23-24,27,30,32,40H,3-4,7-8,16,18-19H2,1-2H3,(H,41,43)/t23?,27?,30?,32-/m0/s1. The van der Waals surface area contributed by atoms with Gasteiger partial charge in [0.15, 0.2) is 0 Å². The molecule has 2 saturated heterocycles. The zero-order valence-corrected chi connectivity index (χ0v) is 25.3. The first-order valence-corrected chi connectivity index (χ1v) is 15.5. The number of carbonyl (C=O) groups is 2. The minimum atomic E-state index is -4.58. The summed E-state index contributed by atoms with van der Waals surface area (Å²) in [5, 5.41) is 6.26. The van der Waals surface area contributed by atoms with Crippen molar-refractivity contribution in [1.82, 2.24) is 4.90 Å². The lowest BCUT2D eigenvalue weighted by Crippen LogP contribution is -2.55. The number of rotatable bonds is 6. The summed E-state index contributed by atoms with van der Waals surface area (Å²) in [6.45, 7) is 3.59. The fourth-order valence-electron chi connectivity index (χ4n) is 7.25. The van der Waals surface area contributed by atoms with Crippen LogP contribution >= 0.6 is 0 Å². The summed E-state index contributed by atoms with van der Waals surface area (Å²) in [6.07, 6.45) is 0.307. The minimum absolute atomic E-state index is 0.0143. The number of benzene rings is 3. The number of hydrogen-bond acceptors (Lipinski definition) is 4. The molecule has 3 aromatic rings. The molecule has 10 heteroatoms. The number of piperidine rings is 1. The third-order valence-corrected chi connectivity index (χ3v) is 9.56. The number of hydrogen-bond donors (Lipinski definition) is 2. The van der Waals surface area contributed by atoms with Crippen molar-refractivity contribution in [3.05, 3.63) is 94.3 Å². The minimum Gasteiger partial charge on any atom is -0.382 e. The monoisotopic (exact) mass is 623 g/mol. The summed E-state index contributed by atoms with van der Waals surface area (Å²) in [5.74, 6) is -2.76. The topological polar surface area (TPSA) is 70.7 Å². The zero-order valence-electron chi connectivity index (χ0n) is 25.3. The van der Waals surface area contributed by atoms with Gasteiger partial charge in [0.2, 0.25) is 5.91 Å². The lowest BCUT2D eigenvalue weighted by molar-refractivity contribution is -0.138. The highest BCUT2D eigenvalue weighted by atomic mass is 19.4. The number of ether oxygens (including phenoxy) is 1. The summed E-state index contributed by atoms with van der Waals surface area (Å²) >= 11 is 0. The van der Waals surface area contributed by atoms with E-state index in [-0.39, 0.29) is 29.3 Å². The summed E-state index contributed by atoms with van der Waals surface area (Å²) in [7, 11) is 0. The average molecular weight is 624 g/mol. The fraction of sp³-hybridized carbons (Fsp3) is 0.429. The molecule has 0 aromatic heterocycles. The molecule has 238 valence electrons. The van der Waals surface area contributed by atoms with Gasteiger partial charge in [-0.25, -0.2) is 4.39 Å². The number of amides is 2. The molecule has 4 atom stereocenters. The molecule has 2 heterocycles. The molecular weight excluding hydrogens is 586 g/mol. The Labute approximate surface area is 260 Å². The third kappa shape index (κ3) is 6.30. The molecule has 2 amide bonds. The number of likely N-dealkylation sites (tertiary alicyclic amines) is 1. The van der Waals surface area contributed by atoms with E-state index in [9.17, 15) is 22.8 Å². The maximum atomic E-state index is 15.2. The van der Waals surface area contributed by atoms with Gasteiger partial charge in [0, 0.05) is 23.3 Å². The number of anilines is 2. The Morgan fingerprint density at radius 3 is 2.31 bits per heavy atom. The molecule has 1 aliphatic carbocycles. The van der Waals surface area contributed by atoms with Gasteiger partial charge in [0.05, 0.1) is 42.3 Å². The first-order valence-electron chi connectivity index (χ1n) is 15.5. The Balaban J connectivity index is 1.39. The van der Waals surface area contributed by atoms with Crippen LogP contribution in [0.4, 0.5) is 28.9 Å². The highest BCUT2D eigenvalue weighted by Crippen LogP contribution is 2.46. The molecule has 3 fully saturated rings. The largest absolute Gasteiger partial charge is 0.416 e. The second-order valence-corrected chi connectivity index (χ2v) is 12.6. The number of fused-ring (bicyclic) bond motifs is 1. The molecule has 3 aromatic carbocycles. The van der Waals surface area contributed by atoms with Crippen molar-refractivity contribution >= 4 is 23.2 Å². The van der Waals surface area contributed by atoms with Crippen molar-refractivity contribution in [2.75, 3.05) is 23.8 Å². The van der Waals surface area contributed by atoms with Crippen LogP contribution in [-0.2, 0) is 15.7 Å². The maximum Gasteiger partial charge on any atom is 0.416 e. The van der Waals surface area contributed by atoms with E-state index >= 15 is 4.39 Å². The van der Waals surface area contributed by atoms with Crippen LogP contribution in [0.3, 0.4) is 0 Å². The number of carbonyl (C=O) groups excluding carboxylic acids is 2. The predicted octanol–water partition coefficient (Wildman–Crippen LogP) is 7.67. The van der Waals surface area contributed by atoms with Gasteiger partial charge < -0.3 is 20.3 Å². The SMILES string of the molecule is Cc1ccc(NC(=O)C2CC3COCC3N(C(=O)c3c(C)cccc3F)[C@H]2c2ccc(NC3CCCC3)cc2)cc1C(F)(F)F. The van der Waals surface area contributed by atoms with Gasteiger partial charge in [-0.05, 0) is 80.1 Å². The molecule has 1 saturated carbocycles. The van der Waals surface area contributed by atoms with Crippen LogP contribution in [0.2, 0.25) is 0 Å². The predicted molar refractivity (Wildman–Crippen MR) is 163 cm³/mol. The molecule has 45 heavy (non-hydrogen) atoms. The smallest absolute Gasteiger partial charge is 0.382 e. The van der Waals surface area contributed by atoms with Crippen molar-refractivity contribution in [3.8, 4) is 0 Å². The first kappa shape index (κ1) is 31.1. The van der Waals surface area contributed by atoms with Crippen LogP contribution in [-0.4, -0.2) is 42.0 Å². The van der Waals surface area contributed by atoms with Gasteiger partial charge in [-0.1, -0.05) is 43.2 Å². The lowest BCUT2D eigenvalue weighted by Gasteiger charge is -2.47. The Morgan fingerprint density at radius 1 is 0.911 bits per heavy atom. The Kier molecular flexibility index (Phi) is 8.61. The van der Waals surface area contributed by atoms with Crippen LogP contribution in [0.15, 0.2) is 60.7 Å². The van der Waals surface area contributed by atoms with E-state index < -0.39 is 47.4 Å². The summed E-state index contributed by atoms with van der Waals surface area (Å²) < 4.78 is 62.0. The molecule has 2 aliphatic heterocycles. The molecule has 6 nitrogen and oxygen atoms in total. The van der Waals surface area contributed by atoms with Crippen LogP contribution < -0.4 is 10.6 Å². The summed E-state index contributed by atoms with van der Waals surface area (Å²) in [6, 6.07) is 14.9. The van der Waals surface area contributed by atoms with Gasteiger partial charge in [-0.15, -0.1) is 0 Å². The molecule has 6 rings (SSSR count). The van der Waals surface area contributed by atoms with Crippen LogP contribution in [0.25, 0.3) is 0 Å². The van der Waals surface area contributed by atoms with Crippen LogP contribution in [0, 0.1) is 31.5 Å². The van der Waals surface area contributed by atoms with Gasteiger partial charge in [0.25, 0.3) is 5.91 Å². The Morgan fingerprint density at radius 2 is 1.62 bits per heavy atom. The molecule has 3 unspecified atom stereocenters. The molecular formula is C35H37F4N3O3. The van der Waals surface area contributed by atoms with Crippen LogP contribution in [0.1, 0.15) is 70.8 Å². The molecule has 0 radical (unpaired) electrons. The van der Waals surface area contributed by atoms with Gasteiger partial charge in [-0.2, -0.15) is 13.2 Å². The lowest BCUT2D eigenvalue weighted by atomic mass is 9.76. The summed E-state index contributed by atoms with van der Waals surface area (Å²) in [4.78, 5) is 30.0. The zero-order chi connectivity index (χ0) is 31.9. The third-order valence-electron chi connectivity index (χ3n) is 9.56. The molecule has 0 bridgehead atoms. The molecule has 2 N–H and O–H groups in total. The number of aryl methyl sites for hydroxylation is 2. The Hall–Kier alpha value is -3.92. The Bertz CT molecular complexity index is 1550. The van der Waals surface area contributed by atoms with Crippen molar-refractivity contribution < 1.29 is 31.9 Å². The first-order chi connectivity index (χ1) is 21.5. The molecule has 3 aliphatic rings. The average Bonchev–Trinajstić information content (AvgIpc) is 3.69. The van der Waals surface area contributed by atoms with Gasteiger partial charge >= 0.3 is 6.18 Å². The highest BCUT2D eigenvalue weighted by molar-refractivity contribution is 5.98. The van der Waals surface area contributed by atoms with Crippen molar-refractivity contribution in [1.29, 1.82) is 0 Å². The summed E-state index contributed by atoms with van der Waals surface area (Å²) in [5.41, 5.74) is 1.23.